The molecule has 0 bridgehead atoms. The summed E-state index contributed by atoms with van der Waals surface area (Å²) in [6.07, 6.45) is 5.39. The Morgan fingerprint density at radius 3 is 2.88 bits per heavy atom. The van der Waals surface area contributed by atoms with Crippen molar-refractivity contribution in [1.82, 2.24) is 4.98 Å². The molecular weight excluding hydrogens is 215 g/mol. The second kappa shape index (κ2) is 4.17. The lowest BCUT2D eigenvalue weighted by Crippen LogP contribution is -2.19. The summed E-state index contributed by atoms with van der Waals surface area (Å²) in [5.74, 6) is -0.147. The van der Waals surface area contributed by atoms with Crippen molar-refractivity contribution in [2.24, 2.45) is 0 Å². The zero-order chi connectivity index (χ0) is 11.7. The lowest BCUT2D eigenvalue weighted by Gasteiger charge is -2.12. The summed E-state index contributed by atoms with van der Waals surface area (Å²) in [6, 6.07) is 9.30. The lowest BCUT2D eigenvalue weighted by atomic mass is 10.1. The number of fused-ring (bicyclic) bond motifs is 1. The molecule has 1 atom stereocenters. The molecule has 3 heteroatoms. The van der Waals surface area contributed by atoms with Crippen LogP contribution >= 0.6 is 0 Å². The Bertz CT molecular complexity index is 525. The highest BCUT2D eigenvalue weighted by molar-refractivity contribution is 5.44. The van der Waals surface area contributed by atoms with Gasteiger partial charge in [-0.05, 0) is 48.2 Å². The first kappa shape index (κ1) is 10.3. The Balaban J connectivity index is 1.74. The zero-order valence-corrected chi connectivity index (χ0v) is 9.36. The number of anilines is 1. The normalized spacial score (nSPS) is 17.8. The molecule has 0 aliphatic heterocycles. The molecule has 86 valence electrons. The number of hydrogen-bond acceptors (Lipinski definition) is 2. The molecule has 0 saturated heterocycles. The molecule has 1 N–H and O–H groups in total. The van der Waals surface area contributed by atoms with Gasteiger partial charge in [-0.2, -0.15) is 0 Å². The van der Waals surface area contributed by atoms with Crippen molar-refractivity contribution < 1.29 is 4.39 Å². The van der Waals surface area contributed by atoms with Crippen molar-refractivity contribution >= 4 is 5.69 Å². The van der Waals surface area contributed by atoms with Gasteiger partial charge in [0, 0.05) is 18.4 Å². The fraction of sp³-hybridized carbons (Fsp3) is 0.214. The molecule has 0 fully saturated rings. The Hall–Kier alpha value is -1.90. The van der Waals surface area contributed by atoms with Crippen LogP contribution in [0.15, 0.2) is 42.7 Å². The molecule has 1 aromatic heterocycles. The minimum atomic E-state index is -0.147. The Labute approximate surface area is 99.5 Å². The topological polar surface area (TPSA) is 24.9 Å². The van der Waals surface area contributed by atoms with E-state index in [9.17, 15) is 4.39 Å². The number of pyridine rings is 1. The highest BCUT2D eigenvalue weighted by Crippen LogP contribution is 2.25. The summed E-state index contributed by atoms with van der Waals surface area (Å²) in [6.45, 7) is 0. The summed E-state index contributed by atoms with van der Waals surface area (Å²) in [7, 11) is 0. The van der Waals surface area contributed by atoms with Gasteiger partial charge in [-0.3, -0.25) is 4.98 Å². The number of hydrogen-bond donors (Lipinski definition) is 1. The van der Waals surface area contributed by atoms with E-state index in [1.165, 1.54) is 11.6 Å². The van der Waals surface area contributed by atoms with Gasteiger partial charge in [-0.15, -0.1) is 0 Å². The molecular formula is C14H13FN2. The fourth-order valence-corrected chi connectivity index (χ4v) is 2.37. The average molecular weight is 228 g/mol. The number of nitrogens with zero attached hydrogens (tertiary/aromatic N) is 1. The molecule has 0 radical (unpaired) electrons. The van der Waals surface area contributed by atoms with Crippen LogP contribution in [0, 0.1) is 5.82 Å². The largest absolute Gasteiger partial charge is 0.380 e. The molecule has 17 heavy (non-hydrogen) atoms. The second-order valence-corrected chi connectivity index (χ2v) is 4.40. The maximum Gasteiger partial charge on any atom is 0.123 e. The van der Waals surface area contributed by atoms with Crippen molar-refractivity contribution in [2.45, 2.75) is 18.9 Å². The van der Waals surface area contributed by atoms with Crippen molar-refractivity contribution in [3.8, 4) is 0 Å². The van der Waals surface area contributed by atoms with E-state index in [0.29, 0.717) is 6.04 Å². The van der Waals surface area contributed by atoms with E-state index in [-0.39, 0.29) is 5.82 Å². The molecule has 1 heterocycles. The van der Waals surface area contributed by atoms with Gasteiger partial charge in [0.1, 0.15) is 5.82 Å². The van der Waals surface area contributed by atoms with E-state index < -0.39 is 0 Å². The van der Waals surface area contributed by atoms with E-state index in [1.807, 2.05) is 24.4 Å². The van der Waals surface area contributed by atoms with Crippen LogP contribution in [0.25, 0.3) is 0 Å². The molecule has 1 aliphatic carbocycles. The van der Waals surface area contributed by atoms with E-state index in [2.05, 4.69) is 10.3 Å². The highest BCUT2D eigenvalue weighted by atomic mass is 19.1. The van der Waals surface area contributed by atoms with Crippen molar-refractivity contribution in [2.75, 3.05) is 5.32 Å². The van der Waals surface area contributed by atoms with Crippen LogP contribution in [0.3, 0.4) is 0 Å². The molecule has 1 aromatic carbocycles. The third-order valence-electron chi connectivity index (χ3n) is 3.13. The number of benzene rings is 1. The smallest absolute Gasteiger partial charge is 0.123 e. The Morgan fingerprint density at radius 2 is 2.06 bits per heavy atom. The molecule has 0 spiro atoms. The lowest BCUT2D eigenvalue weighted by molar-refractivity contribution is 0.625. The fourth-order valence-electron chi connectivity index (χ4n) is 2.37. The minimum absolute atomic E-state index is 0.147. The number of nitrogens with one attached hydrogen (secondary N) is 1. The predicted molar refractivity (Wildman–Crippen MR) is 65.5 cm³/mol. The van der Waals surface area contributed by atoms with Crippen molar-refractivity contribution in [3.63, 3.8) is 0 Å². The molecule has 1 aliphatic rings. The predicted octanol–water partition coefficient (Wildman–Crippen LogP) is 2.80. The van der Waals surface area contributed by atoms with Gasteiger partial charge >= 0.3 is 0 Å². The average Bonchev–Trinajstić information content (AvgIpc) is 2.71. The van der Waals surface area contributed by atoms with Gasteiger partial charge in [0.2, 0.25) is 0 Å². The third-order valence-corrected chi connectivity index (χ3v) is 3.13. The van der Waals surface area contributed by atoms with E-state index in [1.54, 1.807) is 12.3 Å². The Morgan fingerprint density at radius 1 is 1.18 bits per heavy atom. The molecule has 3 rings (SSSR count). The number of halogens is 1. The number of aromatic nitrogens is 1. The Kier molecular flexibility index (Phi) is 2.52. The minimum Gasteiger partial charge on any atom is -0.380 e. The third kappa shape index (κ3) is 2.13. The van der Waals surface area contributed by atoms with Gasteiger partial charge in [0.05, 0.1) is 5.69 Å². The SMILES string of the molecule is Fc1ccc2c(c1)CC(Nc1cccnc1)C2. The molecule has 1 unspecified atom stereocenters. The van der Waals surface area contributed by atoms with Crippen LogP contribution < -0.4 is 5.32 Å². The zero-order valence-electron chi connectivity index (χ0n) is 9.36. The van der Waals surface area contributed by atoms with E-state index in [0.717, 1.165) is 24.1 Å². The van der Waals surface area contributed by atoms with Crippen LogP contribution in [-0.2, 0) is 12.8 Å². The van der Waals surface area contributed by atoms with Crippen LogP contribution in [0.1, 0.15) is 11.1 Å². The van der Waals surface area contributed by atoms with Gasteiger partial charge < -0.3 is 5.32 Å². The van der Waals surface area contributed by atoms with Crippen LogP contribution in [0.2, 0.25) is 0 Å². The van der Waals surface area contributed by atoms with Crippen LogP contribution in [-0.4, -0.2) is 11.0 Å². The first-order valence-corrected chi connectivity index (χ1v) is 5.75. The first-order valence-electron chi connectivity index (χ1n) is 5.75. The van der Waals surface area contributed by atoms with Gasteiger partial charge in [0.25, 0.3) is 0 Å². The molecule has 0 amide bonds. The maximum atomic E-state index is 13.1. The standard InChI is InChI=1S/C14H13FN2/c15-12-4-3-10-7-14(8-11(10)6-12)17-13-2-1-5-16-9-13/h1-6,9,14,17H,7-8H2. The van der Waals surface area contributed by atoms with Gasteiger partial charge in [-0.1, -0.05) is 6.07 Å². The summed E-state index contributed by atoms with van der Waals surface area (Å²) < 4.78 is 13.1. The summed E-state index contributed by atoms with van der Waals surface area (Å²) >= 11 is 0. The summed E-state index contributed by atoms with van der Waals surface area (Å²) in [5.41, 5.74) is 3.38. The molecule has 2 nitrogen and oxygen atoms in total. The quantitative estimate of drug-likeness (QED) is 0.855. The number of rotatable bonds is 2. The second-order valence-electron chi connectivity index (χ2n) is 4.40. The van der Waals surface area contributed by atoms with Crippen LogP contribution in [0.4, 0.5) is 10.1 Å². The first-order chi connectivity index (χ1) is 8.31. The van der Waals surface area contributed by atoms with Crippen molar-refractivity contribution in [3.05, 3.63) is 59.7 Å². The van der Waals surface area contributed by atoms with Crippen molar-refractivity contribution in [1.29, 1.82) is 0 Å². The van der Waals surface area contributed by atoms with E-state index in [4.69, 9.17) is 0 Å². The summed E-state index contributed by atoms with van der Waals surface area (Å²) in [4.78, 5) is 4.07. The molecule has 0 saturated carbocycles. The highest BCUT2D eigenvalue weighted by Gasteiger charge is 2.21. The van der Waals surface area contributed by atoms with Crippen LogP contribution in [0.5, 0.6) is 0 Å². The maximum absolute atomic E-state index is 13.1. The molecule has 2 aromatic rings. The van der Waals surface area contributed by atoms with Gasteiger partial charge in [-0.25, -0.2) is 4.39 Å². The van der Waals surface area contributed by atoms with E-state index >= 15 is 0 Å². The van der Waals surface area contributed by atoms with Gasteiger partial charge in [0.15, 0.2) is 0 Å². The monoisotopic (exact) mass is 228 g/mol. The summed E-state index contributed by atoms with van der Waals surface area (Å²) in [5, 5.41) is 3.42.